The van der Waals surface area contributed by atoms with Crippen LogP contribution in [0.5, 0.6) is 0 Å². The van der Waals surface area contributed by atoms with Crippen LogP contribution < -0.4 is 0 Å². The standard InChI is InChI=1S/C28H23N3/c1-19(29-27-15-7-11-21-9-3-5-13-23(21)27)25-17-18-26(31-25)20(2)30-28-16-8-12-22-10-4-6-14-24(22)28/h3-17H,18H2,1-2H3. The summed E-state index contributed by atoms with van der Waals surface area (Å²) in [6.07, 6.45) is 2.92. The molecule has 0 radical (unpaired) electrons. The zero-order chi connectivity index (χ0) is 21.2. The van der Waals surface area contributed by atoms with Crippen molar-refractivity contribution in [3.63, 3.8) is 0 Å². The predicted molar refractivity (Wildman–Crippen MR) is 134 cm³/mol. The first-order valence-corrected chi connectivity index (χ1v) is 10.5. The van der Waals surface area contributed by atoms with Gasteiger partial charge in [-0.15, -0.1) is 0 Å². The Kier molecular flexibility index (Phi) is 5.01. The van der Waals surface area contributed by atoms with Crippen LogP contribution in [0.25, 0.3) is 21.5 Å². The molecule has 0 atom stereocenters. The molecule has 3 heteroatoms. The molecule has 5 rings (SSSR count). The zero-order valence-corrected chi connectivity index (χ0v) is 17.7. The minimum Gasteiger partial charge on any atom is -0.251 e. The van der Waals surface area contributed by atoms with Crippen molar-refractivity contribution in [1.29, 1.82) is 0 Å². The Bertz CT molecular complexity index is 1410. The Labute approximate surface area is 182 Å². The minimum atomic E-state index is 0.776. The van der Waals surface area contributed by atoms with E-state index in [0.717, 1.165) is 51.4 Å². The lowest BCUT2D eigenvalue weighted by molar-refractivity contribution is 1.43. The third-order valence-corrected chi connectivity index (χ3v) is 5.64. The maximum absolute atomic E-state index is 4.90. The van der Waals surface area contributed by atoms with Gasteiger partial charge in [0.1, 0.15) is 0 Å². The van der Waals surface area contributed by atoms with Gasteiger partial charge in [0.2, 0.25) is 0 Å². The first-order valence-electron chi connectivity index (χ1n) is 10.5. The normalized spacial score (nSPS) is 14.8. The van der Waals surface area contributed by atoms with E-state index in [4.69, 9.17) is 15.0 Å². The summed E-state index contributed by atoms with van der Waals surface area (Å²) in [6, 6.07) is 29.1. The average Bonchev–Trinajstić information content (AvgIpc) is 3.30. The van der Waals surface area contributed by atoms with Gasteiger partial charge in [0.15, 0.2) is 0 Å². The highest BCUT2D eigenvalue weighted by Gasteiger charge is 2.14. The summed E-state index contributed by atoms with van der Waals surface area (Å²) in [5.74, 6) is 0. The van der Waals surface area contributed by atoms with Crippen molar-refractivity contribution in [3.8, 4) is 0 Å². The van der Waals surface area contributed by atoms with Crippen LogP contribution in [0.1, 0.15) is 20.3 Å². The maximum Gasteiger partial charge on any atom is 0.0810 e. The summed E-state index contributed by atoms with van der Waals surface area (Å²) in [7, 11) is 0. The van der Waals surface area contributed by atoms with E-state index in [0.29, 0.717) is 0 Å². The van der Waals surface area contributed by atoms with E-state index in [9.17, 15) is 0 Å². The fourth-order valence-corrected chi connectivity index (χ4v) is 3.98. The van der Waals surface area contributed by atoms with Gasteiger partial charge in [-0.1, -0.05) is 78.9 Å². The number of allylic oxidation sites excluding steroid dienone is 2. The Morgan fingerprint density at radius 1 is 0.645 bits per heavy atom. The number of rotatable bonds is 4. The van der Waals surface area contributed by atoms with Crippen molar-refractivity contribution in [2.24, 2.45) is 15.0 Å². The van der Waals surface area contributed by atoms with Crippen molar-refractivity contribution in [2.45, 2.75) is 20.3 Å². The predicted octanol–water partition coefficient (Wildman–Crippen LogP) is 7.61. The molecule has 0 saturated heterocycles. The Morgan fingerprint density at radius 2 is 1.16 bits per heavy atom. The highest BCUT2D eigenvalue weighted by Crippen LogP contribution is 2.28. The lowest BCUT2D eigenvalue weighted by Gasteiger charge is -2.05. The molecule has 1 aliphatic heterocycles. The van der Waals surface area contributed by atoms with Gasteiger partial charge in [-0.3, -0.25) is 9.98 Å². The fraction of sp³-hybridized carbons (Fsp3) is 0.107. The summed E-state index contributed by atoms with van der Waals surface area (Å²) >= 11 is 0. The second kappa shape index (κ2) is 8.11. The van der Waals surface area contributed by atoms with E-state index in [1.807, 2.05) is 19.9 Å². The van der Waals surface area contributed by atoms with Crippen LogP contribution in [0.2, 0.25) is 0 Å². The second-order valence-corrected chi connectivity index (χ2v) is 7.74. The van der Waals surface area contributed by atoms with Gasteiger partial charge in [-0.05, 0) is 36.8 Å². The topological polar surface area (TPSA) is 37.1 Å². The first kappa shape index (κ1) is 19.1. The highest BCUT2D eigenvalue weighted by atomic mass is 14.9. The molecule has 0 saturated carbocycles. The molecule has 1 aliphatic rings. The van der Waals surface area contributed by atoms with Crippen molar-refractivity contribution in [2.75, 3.05) is 0 Å². The molecule has 150 valence electrons. The van der Waals surface area contributed by atoms with E-state index in [-0.39, 0.29) is 0 Å². The van der Waals surface area contributed by atoms with Crippen LogP contribution in [0.3, 0.4) is 0 Å². The van der Waals surface area contributed by atoms with Gasteiger partial charge in [0.25, 0.3) is 0 Å². The second-order valence-electron chi connectivity index (χ2n) is 7.74. The number of nitrogens with zero attached hydrogens (tertiary/aromatic N) is 3. The van der Waals surface area contributed by atoms with E-state index in [1.54, 1.807) is 0 Å². The molecule has 0 spiro atoms. The van der Waals surface area contributed by atoms with Gasteiger partial charge < -0.3 is 0 Å². The van der Waals surface area contributed by atoms with Crippen LogP contribution in [0.15, 0.2) is 112 Å². The number of aliphatic imine (C=N–C) groups is 3. The number of fused-ring (bicyclic) bond motifs is 2. The molecule has 0 bridgehead atoms. The van der Waals surface area contributed by atoms with Gasteiger partial charge in [0, 0.05) is 17.2 Å². The minimum absolute atomic E-state index is 0.776. The third kappa shape index (κ3) is 3.82. The molecular formula is C28H23N3. The Hall–Kier alpha value is -3.85. The molecule has 4 aromatic carbocycles. The molecule has 0 unspecified atom stereocenters. The SMILES string of the molecule is CC(=Nc1cccc2ccccc12)C1=CCC(C(C)=Nc2cccc3ccccc23)=N1. The van der Waals surface area contributed by atoms with Crippen molar-refractivity contribution in [3.05, 3.63) is 96.7 Å². The fourth-order valence-electron chi connectivity index (χ4n) is 3.98. The van der Waals surface area contributed by atoms with Gasteiger partial charge in [0.05, 0.1) is 34.2 Å². The number of hydrogen-bond acceptors (Lipinski definition) is 3. The molecule has 4 aromatic rings. The van der Waals surface area contributed by atoms with Crippen LogP contribution >= 0.6 is 0 Å². The van der Waals surface area contributed by atoms with Crippen molar-refractivity contribution < 1.29 is 0 Å². The molecule has 0 N–H and O–H groups in total. The van der Waals surface area contributed by atoms with E-state index < -0.39 is 0 Å². The first-order chi connectivity index (χ1) is 15.2. The van der Waals surface area contributed by atoms with Gasteiger partial charge in [-0.25, -0.2) is 4.99 Å². The van der Waals surface area contributed by atoms with Crippen LogP contribution in [0, 0.1) is 0 Å². The molecule has 0 fully saturated rings. The molecule has 0 aliphatic carbocycles. The maximum atomic E-state index is 4.90. The third-order valence-electron chi connectivity index (χ3n) is 5.64. The molecular weight excluding hydrogens is 378 g/mol. The van der Waals surface area contributed by atoms with Crippen LogP contribution in [-0.2, 0) is 0 Å². The van der Waals surface area contributed by atoms with Gasteiger partial charge >= 0.3 is 0 Å². The monoisotopic (exact) mass is 401 g/mol. The van der Waals surface area contributed by atoms with Gasteiger partial charge in [-0.2, -0.15) is 0 Å². The zero-order valence-electron chi connectivity index (χ0n) is 17.7. The van der Waals surface area contributed by atoms with Crippen molar-refractivity contribution >= 4 is 50.1 Å². The highest BCUT2D eigenvalue weighted by molar-refractivity contribution is 6.43. The van der Waals surface area contributed by atoms with Crippen LogP contribution in [0.4, 0.5) is 11.4 Å². The lowest BCUT2D eigenvalue weighted by atomic mass is 10.1. The quantitative estimate of drug-likeness (QED) is 0.316. The number of benzene rings is 4. The van der Waals surface area contributed by atoms with E-state index >= 15 is 0 Å². The summed E-state index contributed by atoms with van der Waals surface area (Å²) in [4.78, 5) is 14.6. The Balaban J connectivity index is 1.44. The molecule has 3 nitrogen and oxygen atoms in total. The number of hydrogen-bond donors (Lipinski definition) is 0. The smallest absolute Gasteiger partial charge is 0.0810 e. The van der Waals surface area contributed by atoms with Crippen LogP contribution in [-0.4, -0.2) is 17.1 Å². The molecule has 0 aromatic heterocycles. The summed E-state index contributed by atoms with van der Waals surface area (Å²) < 4.78 is 0. The average molecular weight is 402 g/mol. The molecule has 0 amide bonds. The summed E-state index contributed by atoms with van der Waals surface area (Å²) in [5, 5.41) is 4.70. The lowest BCUT2D eigenvalue weighted by Crippen LogP contribution is -2.07. The summed E-state index contributed by atoms with van der Waals surface area (Å²) in [6.45, 7) is 4.06. The summed E-state index contributed by atoms with van der Waals surface area (Å²) in [5.41, 5.74) is 5.74. The molecule has 31 heavy (non-hydrogen) atoms. The van der Waals surface area contributed by atoms with E-state index in [1.165, 1.54) is 10.8 Å². The van der Waals surface area contributed by atoms with E-state index in [2.05, 4.69) is 84.9 Å². The Morgan fingerprint density at radius 3 is 1.77 bits per heavy atom. The van der Waals surface area contributed by atoms with Crippen molar-refractivity contribution in [1.82, 2.24) is 0 Å². The molecule has 1 heterocycles. The largest absolute Gasteiger partial charge is 0.251 e.